The van der Waals surface area contributed by atoms with E-state index in [0.29, 0.717) is 11.5 Å². The van der Waals surface area contributed by atoms with Crippen molar-refractivity contribution < 1.29 is 23.9 Å². The molecule has 0 radical (unpaired) electrons. The fourth-order valence-electron chi connectivity index (χ4n) is 1.78. The summed E-state index contributed by atoms with van der Waals surface area (Å²) in [7, 11) is 1.51. The number of carbonyl (C=O) groups is 1. The van der Waals surface area contributed by atoms with Gasteiger partial charge in [-0.15, -0.1) is 0 Å². The fourth-order valence-corrected chi connectivity index (χ4v) is 1.78. The normalized spacial score (nSPS) is 10.3. The Morgan fingerprint density at radius 2 is 2.15 bits per heavy atom. The third-order valence-corrected chi connectivity index (χ3v) is 2.97. The first-order chi connectivity index (χ1) is 9.52. The molecule has 0 unspecified atom stereocenters. The van der Waals surface area contributed by atoms with Crippen molar-refractivity contribution in [2.24, 2.45) is 0 Å². The molecule has 20 heavy (non-hydrogen) atoms. The van der Waals surface area contributed by atoms with E-state index >= 15 is 0 Å². The van der Waals surface area contributed by atoms with E-state index in [0.717, 1.165) is 11.3 Å². The lowest BCUT2D eigenvalue weighted by Crippen LogP contribution is -2.04. The molecule has 0 fully saturated rings. The Labute approximate surface area is 115 Å². The van der Waals surface area contributed by atoms with Crippen molar-refractivity contribution >= 4 is 5.97 Å². The molecule has 1 heterocycles. The van der Waals surface area contributed by atoms with Crippen molar-refractivity contribution in [3.05, 3.63) is 40.8 Å². The van der Waals surface area contributed by atoms with Crippen molar-refractivity contribution in [1.29, 1.82) is 0 Å². The van der Waals surface area contributed by atoms with E-state index < -0.39 is 5.97 Å². The summed E-state index contributed by atoms with van der Waals surface area (Å²) in [5, 5.41) is 13.0. The fraction of sp³-hybridized carbons (Fsp3) is 0.286. The van der Waals surface area contributed by atoms with Gasteiger partial charge in [0.2, 0.25) is 0 Å². The second-order valence-corrected chi connectivity index (χ2v) is 4.26. The van der Waals surface area contributed by atoms with E-state index in [1.54, 1.807) is 26.0 Å². The number of aromatic nitrogens is 1. The standard InChI is InChI=1S/C14H15NO5/c1-8-12(9(2)20-15-8)7-19-13-6-10(18-3)4-5-11(13)14(16)17/h4-6H,7H2,1-3H3,(H,16,17). The number of hydrogen-bond donors (Lipinski definition) is 1. The molecule has 0 saturated heterocycles. The lowest BCUT2D eigenvalue weighted by molar-refractivity contribution is 0.0691. The van der Waals surface area contributed by atoms with Crippen LogP contribution in [-0.2, 0) is 6.61 Å². The first-order valence-corrected chi connectivity index (χ1v) is 5.98. The number of ether oxygens (including phenoxy) is 2. The van der Waals surface area contributed by atoms with Crippen molar-refractivity contribution in [3.8, 4) is 11.5 Å². The van der Waals surface area contributed by atoms with Crippen molar-refractivity contribution in [2.45, 2.75) is 20.5 Å². The number of carboxylic acids is 1. The van der Waals surface area contributed by atoms with Gasteiger partial charge in [0.1, 0.15) is 29.4 Å². The summed E-state index contributed by atoms with van der Waals surface area (Å²) in [4.78, 5) is 11.2. The third kappa shape index (κ3) is 2.74. The molecule has 0 amide bonds. The third-order valence-electron chi connectivity index (χ3n) is 2.97. The molecule has 0 atom stereocenters. The van der Waals surface area contributed by atoms with Gasteiger partial charge >= 0.3 is 5.97 Å². The van der Waals surface area contributed by atoms with Gasteiger partial charge in [-0.05, 0) is 26.0 Å². The van der Waals surface area contributed by atoms with Crippen LogP contribution < -0.4 is 9.47 Å². The first-order valence-electron chi connectivity index (χ1n) is 5.98. The number of hydrogen-bond acceptors (Lipinski definition) is 5. The van der Waals surface area contributed by atoms with Crippen LogP contribution in [0.1, 0.15) is 27.4 Å². The molecule has 6 heteroatoms. The van der Waals surface area contributed by atoms with Gasteiger partial charge in [0.15, 0.2) is 0 Å². The SMILES string of the molecule is COc1ccc(C(=O)O)c(OCc2c(C)noc2C)c1. The van der Waals surface area contributed by atoms with Crippen LogP contribution in [0.4, 0.5) is 0 Å². The zero-order chi connectivity index (χ0) is 14.7. The summed E-state index contributed by atoms with van der Waals surface area (Å²) in [6.07, 6.45) is 0. The Balaban J connectivity index is 2.26. The van der Waals surface area contributed by atoms with Gasteiger partial charge in [-0.2, -0.15) is 0 Å². The number of carboxylic acid groups (broad SMARTS) is 1. The van der Waals surface area contributed by atoms with E-state index in [9.17, 15) is 4.79 Å². The largest absolute Gasteiger partial charge is 0.497 e. The molecule has 2 aromatic rings. The highest BCUT2D eigenvalue weighted by atomic mass is 16.5. The van der Waals surface area contributed by atoms with Crippen LogP contribution in [0.25, 0.3) is 0 Å². The average Bonchev–Trinajstić information content (AvgIpc) is 2.75. The Morgan fingerprint density at radius 1 is 1.40 bits per heavy atom. The second kappa shape index (κ2) is 5.64. The van der Waals surface area contributed by atoms with Gasteiger partial charge in [-0.25, -0.2) is 4.79 Å². The lowest BCUT2D eigenvalue weighted by Gasteiger charge is -2.10. The molecule has 0 aliphatic rings. The highest BCUT2D eigenvalue weighted by Crippen LogP contribution is 2.26. The van der Waals surface area contributed by atoms with E-state index in [-0.39, 0.29) is 17.9 Å². The smallest absolute Gasteiger partial charge is 0.339 e. The maximum Gasteiger partial charge on any atom is 0.339 e. The minimum Gasteiger partial charge on any atom is -0.497 e. The van der Waals surface area contributed by atoms with E-state index in [1.165, 1.54) is 13.2 Å². The summed E-state index contributed by atoms with van der Waals surface area (Å²) in [6, 6.07) is 4.57. The molecule has 1 aromatic heterocycles. The molecule has 0 aliphatic carbocycles. The van der Waals surface area contributed by atoms with Gasteiger partial charge in [0.25, 0.3) is 0 Å². The lowest BCUT2D eigenvalue weighted by atomic mass is 10.2. The van der Waals surface area contributed by atoms with Crippen LogP contribution >= 0.6 is 0 Å². The van der Waals surface area contributed by atoms with Crippen LogP contribution in [0.5, 0.6) is 11.5 Å². The predicted octanol–water partition coefficient (Wildman–Crippen LogP) is 2.58. The quantitative estimate of drug-likeness (QED) is 0.904. The highest BCUT2D eigenvalue weighted by Gasteiger charge is 2.15. The zero-order valence-electron chi connectivity index (χ0n) is 11.5. The zero-order valence-corrected chi connectivity index (χ0v) is 11.5. The van der Waals surface area contributed by atoms with Gasteiger partial charge in [-0.3, -0.25) is 0 Å². The highest BCUT2D eigenvalue weighted by molar-refractivity contribution is 5.91. The van der Waals surface area contributed by atoms with Gasteiger partial charge in [0.05, 0.1) is 18.4 Å². The van der Waals surface area contributed by atoms with Crippen LogP contribution in [0, 0.1) is 13.8 Å². The number of rotatable bonds is 5. The monoisotopic (exact) mass is 277 g/mol. The van der Waals surface area contributed by atoms with Crippen LogP contribution in [0.3, 0.4) is 0 Å². The summed E-state index contributed by atoms with van der Waals surface area (Å²) in [5.74, 6) is 0.379. The molecule has 1 N–H and O–H groups in total. The Morgan fingerprint density at radius 3 is 2.70 bits per heavy atom. The summed E-state index contributed by atoms with van der Waals surface area (Å²) in [6.45, 7) is 3.77. The van der Waals surface area contributed by atoms with Crippen molar-refractivity contribution in [3.63, 3.8) is 0 Å². The Hall–Kier alpha value is -2.50. The number of aromatic carboxylic acids is 1. The predicted molar refractivity (Wildman–Crippen MR) is 70.3 cm³/mol. The van der Waals surface area contributed by atoms with Crippen molar-refractivity contribution in [2.75, 3.05) is 7.11 Å². The minimum absolute atomic E-state index is 0.0811. The first kappa shape index (κ1) is 13.9. The number of benzene rings is 1. The van der Waals surface area contributed by atoms with Gasteiger partial charge < -0.3 is 19.1 Å². The second-order valence-electron chi connectivity index (χ2n) is 4.26. The molecule has 0 bridgehead atoms. The minimum atomic E-state index is -1.05. The molecule has 6 nitrogen and oxygen atoms in total. The molecule has 2 rings (SSSR count). The number of aryl methyl sites for hydroxylation is 2. The number of nitrogens with zero attached hydrogens (tertiary/aromatic N) is 1. The molecular weight excluding hydrogens is 262 g/mol. The van der Waals surface area contributed by atoms with Crippen LogP contribution in [0.15, 0.2) is 22.7 Å². The topological polar surface area (TPSA) is 81.8 Å². The van der Waals surface area contributed by atoms with Crippen molar-refractivity contribution in [1.82, 2.24) is 5.16 Å². The Kier molecular flexibility index (Phi) is 3.93. The number of methoxy groups -OCH3 is 1. The van der Waals surface area contributed by atoms with Crippen LogP contribution in [-0.4, -0.2) is 23.3 Å². The molecule has 0 saturated carbocycles. The summed E-state index contributed by atoms with van der Waals surface area (Å²) in [5.41, 5.74) is 1.61. The molecule has 106 valence electrons. The molecule has 0 spiro atoms. The van der Waals surface area contributed by atoms with E-state index in [4.69, 9.17) is 19.1 Å². The van der Waals surface area contributed by atoms with E-state index in [2.05, 4.69) is 5.16 Å². The Bertz CT molecular complexity index is 613. The molecule has 0 aliphatic heterocycles. The maximum atomic E-state index is 11.2. The molecular formula is C14H15NO5. The maximum absolute atomic E-state index is 11.2. The summed E-state index contributed by atoms with van der Waals surface area (Å²) < 4.78 is 15.7. The van der Waals surface area contributed by atoms with Gasteiger partial charge in [-0.1, -0.05) is 5.16 Å². The van der Waals surface area contributed by atoms with Crippen LogP contribution in [0.2, 0.25) is 0 Å². The average molecular weight is 277 g/mol. The summed E-state index contributed by atoms with van der Waals surface area (Å²) >= 11 is 0. The van der Waals surface area contributed by atoms with E-state index in [1.807, 2.05) is 0 Å². The van der Waals surface area contributed by atoms with Gasteiger partial charge in [0, 0.05) is 6.07 Å². The molecule has 1 aromatic carbocycles.